The fraction of sp³-hybridized carbons (Fsp3) is 0.333. The molecule has 0 atom stereocenters. The summed E-state index contributed by atoms with van der Waals surface area (Å²) in [5.74, 6) is 0.466. The van der Waals surface area contributed by atoms with E-state index in [1.807, 2.05) is 19.3 Å². The number of ether oxygens (including phenoxy) is 1. The van der Waals surface area contributed by atoms with E-state index in [1.165, 1.54) is 33.2 Å². The Kier molecular flexibility index (Phi) is 4.03. The van der Waals surface area contributed by atoms with Crippen LogP contribution in [-0.4, -0.2) is 23.2 Å². The van der Waals surface area contributed by atoms with Gasteiger partial charge in [-0.3, -0.25) is 9.97 Å². The number of pyridine rings is 2. The maximum absolute atomic E-state index is 5.55. The topological polar surface area (TPSA) is 35.0 Å². The lowest BCUT2D eigenvalue weighted by Crippen LogP contribution is -2.16. The molecule has 1 aromatic carbocycles. The van der Waals surface area contributed by atoms with Crippen LogP contribution in [0.4, 0.5) is 0 Å². The molecule has 1 aliphatic heterocycles. The highest BCUT2D eigenvalue weighted by Gasteiger charge is 2.22. The fourth-order valence-corrected chi connectivity index (χ4v) is 3.64. The maximum Gasteiger partial charge on any atom is 0.0521 e. The molecule has 24 heavy (non-hydrogen) atoms. The molecule has 3 heterocycles. The van der Waals surface area contributed by atoms with Crippen LogP contribution in [0, 0.1) is 13.8 Å². The minimum Gasteiger partial charge on any atom is -0.381 e. The van der Waals surface area contributed by atoms with Crippen molar-refractivity contribution in [3.63, 3.8) is 0 Å². The van der Waals surface area contributed by atoms with Crippen molar-refractivity contribution < 1.29 is 4.74 Å². The second kappa shape index (κ2) is 6.33. The van der Waals surface area contributed by atoms with Gasteiger partial charge in [0.2, 0.25) is 0 Å². The van der Waals surface area contributed by atoms with Crippen molar-refractivity contribution in [3.05, 3.63) is 59.7 Å². The van der Waals surface area contributed by atoms with Crippen molar-refractivity contribution >= 4 is 10.8 Å². The molecule has 1 fully saturated rings. The Labute approximate surface area is 142 Å². The predicted molar refractivity (Wildman–Crippen MR) is 97.2 cm³/mol. The molecular weight excluding hydrogens is 296 g/mol. The Morgan fingerprint density at radius 3 is 2.62 bits per heavy atom. The highest BCUT2D eigenvalue weighted by molar-refractivity contribution is 5.97. The van der Waals surface area contributed by atoms with Crippen LogP contribution < -0.4 is 0 Å². The number of hydrogen-bond acceptors (Lipinski definition) is 3. The Bertz CT molecular complexity index is 882. The minimum absolute atomic E-state index is 0.466. The van der Waals surface area contributed by atoms with E-state index in [2.05, 4.69) is 42.2 Å². The van der Waals surface area contributed by atoms with Crippen LogP contribution in [0.2, 0.25) is 0 Å². The lowest BCUT2D eigenvalue weighted by atomic mass is 9.87. The summed E-state index contributed by atoms with van der Waals surface area (Å²) in [5, 5.41) is 2.48. The van der Waals surface area contributed by atoms with Gasteiger partial charge in [0.15, 0.2) is 0 Å². The highest BCUT2D eigenvalue weighted by Crippen LogP contribution is 2.38. The van der Waals surface area contributed by atoms with Crippen LogP contribution in [0.5, 0.6) is 0 Å². The fourth-order valence-electron chi connectivity index (χ4n) is 3.64. The van der Waals surface area contributed by atoms with E-state index >= 15 is 0 Å². The lowest BCUT2D eigenvalue weighted by Gasteiger charge is -2.24. The normalized spacial score (nSPS) is 15.8. The summed E-state index contributed by atoms with van der Waals surface area (Å²) in [5.41, 5.74) is 5.99. The number of aryl methyl sites for hydroxylation is 2. The molecule has 0 spiro atoms. The van der Waals surface area contributed by atoms with Gasteiger partial charge in [-0.15, -0.1) is 0 Å². The smallest absolute Gasteiger partial charge is 0.0521 e. The molecule has 0 aliphatic carbocycles. The molecule has 0 amide bonds. The second-order valence-electron chi connectivity index (χ2n) is 6.68. The molecule has 3 nitrogen and oxygen atoms in total. The summed E-state index contributed by atoms with van der Waals surface area (Å²) in [7, 11) is 0. The van der Waals surface area contributed by atoms with Crippen LogP contribution in [0.25, 0.3) is 21.9 Å². The number of aromatic nitrogens is 2. The molecule has 4 rings (SSSR count). The van der Waals surface area contributed by atoms with Crippen molar-refractivity contribution in [2.45, 2.75) is 32.6 Å². The molecule has 0 N–H and O–H groups in total. The highest BCUT2D eigenvalue weighted by atomic mass is 16.5. The molecule has 0 bridgehead atoms. The molecule has 1 aliphatic rings. The van der Waals surface area contributed by atoms with Crippen molar-refractivity contribution in [2.75, 3.05) is 13.2 Å². The molecule has 3 heteroatoms. The van der Waals surface area contributed by atoms with E-state index in [0.717, 1.165) is 31.7 Å². The second-order valence-corrected chi connectivity index (χ2v) is 6.68. The molecule has 0 unspecified atom stereocenters. The first-order valence-electron chi connectivity index (χ1n) is 8.62. The number of fused-ring (bicyclic) bond motifs is 1. The average Bonchev–Trinajstić information content (AvgIpc) is 2.61. The Morgan fingerprint density at radius 1 is 1.00 bits per heavy atom. The first-order chi connectivity index (χ1) is 11.7. The summed E-state index contributed by atoms with van der Waals surface area (Å²) in [4.78, 5) is 9.26. The zero-order valence-electron chi connectivity index (χ0n) is 14.2. The standard InChI is InChI=1S/C21H22N2O/c1-14-3-4-19-18(11-14)13-23-21(16-6-9-24-10-7-16)20(19)17-5-8-22-15(2)12-17/h3-5,8,11-13,16H,6-7,9-10H2,1-2H3. The summed E-state index contributed by atoms with van der Waals surface area (Å²) in [6, 6.07) is 10.9. The van der Waals surface area contributed by atoms with E-state index in [4.69, 9.17) is 9.72 Å². The molecule has 2 aromatic heterocycles. The number of benzene rings is 1. The zero-order valence-corrected chi connectivity index (χ0v) is 14.2. The number of nitrogens with zero attached hydrogens (tertiary/aromatic N) is 2. The third kappa shape index (κ3) is 2.80. The first kappa shape index (κ1) is 15.3. The summed E-state index contributed by atoms with van der Waals surface area (Å²) < 4.78 is 5.55. The number of rotatable bonds is 2. The van der Waals surface area contributed by atoms with Gasteiger partial charge < -0.3 is 4.74 Å². The molecule has 0 saturated carbocycles. The van der Waals surface area contributed by atoms with Gasteiger partial charge in [0.25, 0.3) is 0 Å². The third-order valence-electron chi connectivity index (χ3n) is 4.87. The van der Waals surface area contributed by atoms with Crippen molar-refractivity contribution in [1.29, 1.82) is 0 Å². The monoisotopic (exact) mass is 318 g/mol. The summed E-state index contributed by atoms with van der Waals surface area (Å²) in [6.45, 7) is 5.82. The first-order valence-corrected chi connectivity index (χ1v) is 8.62. The van der Waals surface area contributed by atoms with Crippen molar-refractivity contribution in [3.8, 4) is 11.1 Å². The van der Waals surface area contributed by atoms with E-state index in [-0.39, 0.29) is 0 Å². The maximum atomic E-state index is 5.55. The van der Waals surface area contributed by atoms with E-state index in [9.17, 15) is 0 Å². The largest absolute Gasteiger partial charge is 0.381 e. The molecule has 3 aromatic rings. The van der Waals surface area contributed by atoms with Crippen LogP contribution in [0.15, 0.2) is 42.7 Å². The quantitative estimate of drug-likeness (QED) is 0.680. The summed E-state index contributed by atoms with van der Waals surface area (Å²) >= 11 is 0. The van der Waals surface area contributed by atoms with Crippen LogP contribution in [-0.2, 0) is 4.74 Å². The molecule has 0 radical (unpaired) electrons. The van der Waals surface area contributed by atoms with Gasteiger partial charge in [0.1, 0.15) is 0 Å². The minimum atomic E-state index is 0.466. The van der Waals surface area contributed by atoms with Gasteiger partial charge >= 0.3 is 0 Å². The van der Waals surface area contributed by atoms with Gasteiger partial charge in [-0.05, 0) is 55.8 Å². The van der Waals surface area contributed by atoms with Crippen LogP contribution in [0.1, 0.15) is 35.7 Å². The molecule has 122 valence electrons. The van der Waals surface area contributed by atoms with E-state index in [0.29, 0.717) is 5.92 Å². The average molecular weight is 318 g/mol. The van der Waals surface area contributed by atoms with Crippen LogP contribution >= 0.6 is 0 Å². The van der Waals surface area contributed by atoms with Gasteiger partial charge in [-0.1, -0.05) is 17.7 Å². The Balaban J connectivity index is 1.97. The van der Waals surface area contributed by atoms with Crippen molar-refractivity contribution in [2.24, 2.45) is 0 Å². The van der Waals surface area contributed by atoms with Crippen LogP contribution in [0.3, 0.4) is 0 Å². The Hall–Kier alpha value is -2.26. The molecular formula is C21H22N2O. The molecule has 1 saturated heterocycles. The zero-order chi connectivity index (χ0) is 16.5. The van der Waals surface area contributed by atoms with Gasteiger partial charge in [-0.2, -0.15) is 0 Å². The van der Waals surface area contributed by atoms with Gasteiger partial charge in [0.05, 0.1) is 5.69 Å². The SMILES string of the molecule is Cc1ccc2c(-c3ccnc(C)c3)c(C3CCOCC3)ncc2c1. The van der Waals surface area contributed by atoms with E-state index in [1.54, 1.807) is 0 Å². The lowest BCUT2D eigenvalue weighted by molar-refractivity contribution is 0.0846. The van der Waals surface area contributed by atoms with Crippen molar-refractivity contribution in [1.82, 2.24) is 9.97 Å². The summed E-state index contributed by atoms with van der Waals surface area (Å²) in [6.07, 6.45) is 6.01. The van der Waals surface area contributed by atoms with E-state index < -0.39 is 0 Å². The predicted octanol–water partition coefficient (Wildman–Crippen LogP) is 4.81. The van der Waals surface area contributed by atoms with Gasteiger partial charge in [0, 0.05) is 48.2 Å². The Morgan fingerprint density at radius 2 is 1.83 bits per heavy atom. The third-order valence-corrected chi connectivity index (χ3v) is 4.87. The number of hydrogen-bond donors (Lipinski definition) is 0. The van der Waals surface area contributed by atoms with Gasteiger partial charge in [-0.25, -0.2) is 0 Å².